The number of fused-ring (bicyclic) bond motifs is 1. The Bertz CT molecular complexity index is 635. The van der Waals surface area contributed by atoms with Gasteiger partial charge in [0.2, 0.25) is 0 Å². The van der Waals surface area contributed by atoms with Crippen LogP contribution >= 0.6 is 0 Å². The van der Waals surface area contributed by atoms with Crippen molar-refractivity contribution in [3.63, 3.8) is 0 Å². The Kier molecular flexibility index (Phi) is 2.57. The number of rotatable bonds is 2. The highest BCUT2D eigenvalue weighted by atomic mass is 32.2. The van der Waals surface area contributed by atoms with Crippen LogP contribution in [0.15, 0.2) is 41.3 Å². The van der Waals surface area contributed by atoms with Gasteiger partial charge in [-0.2, -0.15) is 8.42 Å². The number of nitrogen functional groups attached to an aromatic ring is 1. The summed E-state index contributed by atoms with van der Waals surface area (Å²) in [6.45, 7) is 0. The van der Waals surface area contributed by atoms with Gasteiger partial charge in [0.05, 0.1) is 12.0 Å². The third-order valence-electron chi connectivity index (χ3n) is 2.39. The van der Waals surface area contributed by atoms with Crippen molar-refractivity contribution < 1.29 is 12.6 Å². The first kappa shape index (κ1) is 10.9. The number of benzene rings is 2. The maximum absolute atomic E-state index is 11.5. The van der Waals surface area contributed by atoms with Gasteiger partial charge in [-0.05, 0) is 23.6 Å². The van der Waals surface area contributed by atoms with Crippen LogP contribution in [0.1, 0.15) is 0 Å². The SMILES string of the molecule is COS(=O)(=O)c1ccc2c(N)cccc2c1. The number of anilines is 1. The number of hydrogen-bond acceptors (Lipinski definition) is 4. The van der Waals surface area contributed by atoms with Gasteiger partial charge in [-0.15, -0.1) is 0 Å². The normalized spacial score (nSPS) is 11.8. The molecule has 84 valence electrons. The molecular formula is C11H11NO3S. The summed E-state index contributed by atoms with van der Waals surface area (Å²) in [4.78, 5) is 0.133. The predicted molar refractivity (Wildman–Crippen MR) is 62.6 cm³/mol. The van der Waals surface area contributed by atoms with Crippen molar-refractivity contribution in [2.75, 3.05) is 12.8 Å². The fourth-order valence-electron chi connectivity index (χ4n) is 1.54. The maximum atomic E-state index is 11.5. The molecule has 0 aliphatic rings. The molecule has 2 aromatic rings. The van der Waals surface area contributed by atoms with E-state index in [9.17, 15) is 8.42 Å². The minimum Gasteiger partial charge on any atom is -0.398 e. The van der Waals surface area contributed by atoms with E-state index in [-0.39, 0.29) is 4.90 Å². The highest BCUT2D eigenvalue weighted by molar-refractivity contribution is 7.86. The molecule has 0 unspecified atom stereocenters. The zero-order valence-corrected chi connectivity index (χ0v) is 9.49. The van der Waals surface area contributed by atoms with Crippen LogP contribution in [0.25, 0.3) is 10.8 Å². The molecule has 0 aliphatic carbocycles. The van der Waals surface area contributed by atoms with Gasteiger partial charge in [0, 0.05) is 11.1 Å². The molecule has 5 heteroatoms. The fourth-order valence-corrected chi connectivity index (χ4v) is 2.24. The van der Waals surface area contributed by atoms with Gasteiger partial charge in [0.15, 0.2) is 0 Å². The minimum absolute atomic E-state index is 0.133. The Morgan fingerprint density at radius 2 is 1.94 bits per heavy atom. The average Bonchev–Trinajstić information content (AvgIpc) is 2.29. The second-order valence-corrected chi connectivity index (χ2v) is 5.06. The van der Waals surface area contributed by atoms with Gasteiger partial charge in [0.25, 0.3) is 10.1 Å². The van der Waals surface area contributed by atoms with Crippen molar-refractivity contribution in [3.8, 4) is 0 Å². The monoisotopic (exact) mass is 237 g/mol. The van der Waals surface area contributed by atoms with Gasteiger partial charge in [-0.3, -0.25) is 4.18 Å². The van der Waals surface area contributed by atoms with Crippen LogP contribution < -0.4 is 5.73 Å². The third kappa shape index (κ3) is 1.75. The molecule has 16 heavy (non-hydrogen) atoms. The van der Waals surface area contributed by atoms with E-state index in [2.05, 4.69) is 4.18 Å². The summed E-state index contributed by atoms with van der Waals surface area (Å²) in [7, 11) is -2.51. The quantitative estimate of drug-likeness (QED) is 0.638. The highest BCUT2D eigenvalue weighted by Gasteiger charge is 2.13. The molecular weight excluding hydrogens is 226 g/mol. The summed E-state index contributed by atoms with van der Waals surface area (Å²) < 4.78 is 27.4. The summed E-state index contributed by atoms with van der Waals surface area (Å²) in [5, 5.41) is 1.61. The average molecular weight is 237 g/mol. The summed E-state index contributed by atoms with van der Waals surface area (Å²) >= 11 is 0. The number of hydrogen-bond donors (Lipinski definition) is 1. The van der Waals surface area contributed by atoms with Crippen LogP contribution in [-0.4, -0.2) is 15.5 Å². The molecule has 0 bridgehead atoms. The fraction of sp³-hybridized carbons (Fsp3) is 0.0909. The van der Waals surface area contributed by atoms with Crippen molar-refractivity contribution in [2.24, 2.45) is 0 Å². The Balaban J connectivity index is 2.71. The first-order valence-electron chi connectivity index (χ1n) is 4.63. The van der Waals surface area contributed by atoms with Crippen molar-refractivity contribution in [3.05, 3.63) is 36.4 Å². The standard InChI is InChI=1S/C11H11NO3S/c1-15-16(13,14)9-5-6-10-8(7-9)3-2-4-11(10)12/h2-7H,12H2,1H3. The minimum atomic E-state index is -3.64. The highest BCUT2D eigenvalue weighted by Crippen LogP contribution is 2.24. The molecule has 0 aromatic heterocycles. The van der Waals surface area contributed by atoms with Crippen molar-refractivity contribution in [1.29, 1.82) is 0 Å². The summed E-state index contributed by atoms with van der Waals surface area (Å²) in [6.07, 6.45) is 0. The lowest BCUT2D eigenvalue weighted by atomic mass is 10.1. The molecule has 0 heterocycles. The third-order valence-corrected chi connectivity index (χ3v) is 3.66. The maximum Gasteiger partial charge on any atom is 0.296 e. The zero-order valence-electron chi connectivity index (χ0n) is 8.67. The van der Waals surface area contributed by atoms with Gasteiger partial charge < -0.3 is 5.73 Å². The van der Waals surface area contributed by atoms with Gasteiger partial charge >= 0.3 is 0 Å². The van der Waals surface area contributed by atoms with Crippen LogP contribution in [0, 0.1) is 0 Å². The molecule has 0 radical (unpaired) electrons. The largest absolute Gasteiger partial charge is 0.398 e. The van der Waals surface area contributed by atoms with Crippen LogP contribution in [-0.2, 0) is 14.3 Å². The van der Waals surface area contributed by atoms with E-state index in [1.807, 2.05) is 0 Å². The molecule has 0 fully saturated rings. The van der Waals surface area contributed by atoms with Crippen molar-refractivity contribution >= 4 is 26.6 Å². The molecule has 0 amide bonds. The van der Waals surface area contributed by atoms with Crippen molar-refractivity contribution in [1.82, 2.24) is 0 Å². The first-order chi connectivity index (χ1) is 7.54. The van der Waals surface area contributed by atoms with E-state index in [0.29, 0.717) is 5.69 Å². The molecule has 0 saturated heterocycles. The predicted octanol–water partition coefficient (Wildman–Crippen LogP) is 1.76. The summed E-state index contributed by atoms with van der Waals surface area (Å²) in [5.74, 6) is 0. The van der Waals surface area contributed by atoms with E-state index in [1.54, 1.807) is 30.3 Å². The van der Waals surface area contributed by atoms with Crippen molar-refractivity contribution in [2.45, 2.75) is 4.90 Å². The smallest absolute Gasteiger partial charge is 0.296 e. The Morgan fingerprint density at radius 3 is 2.62 bits per heavy atom. The van der Waals surface area contributed by atoms with E-state index < -0.39 is 10.1 Å². The van der Waals surface area contributed by atoms with E-state index in [0.717, 1.165) is 17.9 Å². The topological polar surface area (TPSA) is 69.4 Å². The molecule has 0 aliphatic heterocycles. The molecule has 0 atom stereocenters. The lowest BCUT2D eigenvalue weighted by Gasteiger charge is -2.05. The number of nitrogens with two attached hydrogens (primary N) is 1. The van der Waals surface area contributed by atoms with E-state index in [4.69, 9.17) is 5.73 Å². The Hall–Kier alpha value is -1.59. The Morgan fingerprint density at radius 1 is 1.19 bits per heavy atom. The molecule has 2 N–H and O–H groups in total. The zero-order chi connectivity index (χ0) is 11.8. The van der Waals surface area contributed by atoms with Crippen LogP contribution in [0.3, 0.4) is 0 Å². The summed E-state index contributed by atoms with van der Waals surface area (Å²) in [5.41, 5.74) is 6.39. The summed E-state index contributed by atoms with van der Waals surface area (Å²) in [6, 6.07) is 10.1. The van der Waals surface area contributed by atoms with E-state index >= 15 is 0 Å². The van der Waals surface area contributed by atoms with Crippen LogP contribution in [0.5, 0.6) is 0 Å². The van der Waals surface area contributed by atoms with Gasteiger partial charge in [0.1, 0.15) is 0 Å². The van der Waals surface area contributed by atoms with Crippen LogP contribution in [0.2, 0.25) is 0 Å². The lowest BCUT2D eigenvalue weighted by Crippen LogP contribution is -2.02. The lowest BCUT2D eigenvalue weighted by molar-refractivity contribution is 0.398. The molecule has 2 aromatic carbocycles. The second-order valence-electron chi connectivity index (χ2n) is 3.35. The van der Waals surface area contributed by atoms with Gasteiger partial charge in [-0.25, -0.2) is 0 Å². The molecule has 0 saturated carbocycles. The first-order valence-corrected chi connectivity index (χ1v) is 6.04. The molecule has 4 nitrogen and oxygen atoms in total. The molecule has 0 spiro atoms. The molecule has 2 rings (SSSR count). The Labute approximate surface area is 93.8 Å². The van der Waals surface area contributed by atoms with E-state index in [1.165, 1.54) is 6.07 Å². The van der Waals surface area contributed by atoms with Crippen LogP contribution in [0.4, 0.5) is 5.69 Å². The van der Waals surface area contributed by atoms with Gasteiger partial charge in [-0.1, -0.05) is 18.2 Å². The second kappa shape index (κ2) is 3.77.